The van der Waals surface area contributed by atoms with E-state index in [1.807, 2.05) is 30.7 Å². The van der Waals surface area contributed by atoms with Crippen LogP contribution in [0.1, 0.15) is 25.0 Å². The minimum atomic E-state index is 0.487. The fourth-order valence-corrected chi connectivity index (χ4v) is 1.94. The van der Waals surface area contributed by atoms with Gasteiger partial charge in [0, 0.05) is 44.8 Å². The average molecular weight is 270 g/mol. The first-order valence-corrected chi connectivity index (χ1v) is 6.93. The Bertz CT molecular complexity index is 525. The van der Waals surface area contributed by atoms with Gasteiger partial charge in [0.2, 0.25) is 0 Å². The molecule has 20 heavy (non-hydrogen) atoms. The van der Waals surface area contributed by atoms with Crippen LogP contribution in [0.5, 0.6) is 0 Å². The van der Waals surface area contributed by atoms with Crippen LogP contribution in [0.3, 0.4) is 0 Å². The Morgan fingerprint density at radius 3 is 2.50 bits per heavy atom. The molecule has 0 aromatic carbocycles. The number of pyridine rings is 2. The van der Waals surface area contributed by atoms with Gasteiger partial charge in [-0.2, -0.15) is 0 Å². The molecule has 0 saturated heterocycles. The van der Waals surface area contributed by atoms with Crippen molar-refractivity contribution in [3.8, 4) is 0 Å². The van der Waals surface area contributed by atoms with Crippen LogP contribution in [-0.4, -0.2) is 23.1 Å². The van der Waals surface area contributed by atoms with Crippen LogP contribution in [0.2, 0.25) is 0 Å². The van der Waals surface area contributed by atoms with E-state index in [-0.39, 0.29) is 0 Å². The molecule has 4 nitrogen and oxygen atoms in total. The molecule has 106 valence electrons. The molecule has 0 aliphatic carbocycles. The summed E-state index contributed by atoms with van der Waals surface area (Å²) in [5.41, 5.74) is 2.49. The summed E-state index contributed by atoms with van der Waals surface area (Å²) >= 11 is 0. The molecule has 0 aliphatic rings. The molecule has 2 rings (SSSR count). The molecule has 2 aromatic heterocycles. The Labute approximate surface area is 120 Å². The molecule has 0 bridgehead atoms. The molecule has 2 heterocycles. The van der Waals surface area contributed by atoms with E-state index in [0.29, 0.717) is 6.04 Å². The maximum atomic E-state index is 4.45. The van der Waals surface area contributed by atoms with Gasteiger partial charge in [-0.1, -0.05) is 13.8 Å². The largest absolute Gasteiger partial charge is 0.355 e. The van der Waals surface area contributed by atoms with Crippen LogP contribution in [-0.2, 0) is 13.1 Å². The van der Waals surface area contributed by atoms with Crippen LogP contribution in [0.25, 0.3) is 0 Å². The van der Waals surface area contributed by atoms with E-state index >= 15 is 0 Å². The third-order valence-electron chi connectivity index (χ3n) is 3.08. The lowest BCUT2D eigenvalue weighted by Crippen LogP contribution is -2.22. The van der Waals surface area contributed by atoms with E-state index in [2.05, 4.69) is 53.2 Å². The molecule has 0 unspecified atom stereocenters. The smallest absolute Gasteiger partial charge is 0.128 e. The monoisotopic (exact) mass is 270 g/mol. The number of anilines is 1. The molecule has 1 N–H and O–H groups in total. The molecule has 0 aliphatic heterocycles. The summed E-state index contributed by atoms with van der Waals surface area (Å²) in [6.07, 6.45) is 5.51. The lowest BCUT2D eigenvalue weighted by Gasteiger charge is -2.19. The van der Waals surface area contributed by atoms with E-state index in [9.17, 15) is 0 Å². The van der Waals surface area contributed by atoms with Gasteiger partial charge in [0.25, 0.3) is 0 Å². The first-order valence-electron chi connectivity index (χ1n) is 6.93. The van der Waals surface area contributed by atoms with Gasteiger partial charge in [0.05, 0.1) is 0 Å². The van der Waals surface area contributed by atoms with Gasteiger partial charge in [0.15, 0.2) is 0 Å². The van der Waals surface area contributed by atoms with Crippen LogP contribution in [0, 0.1) is 0 Å². The second-order valence-electron chi connectivity index (χ2n) is 5.27. The normalized spacial score (nSPS) is 10.8. The molecule has 0 spiro atoms. The van der Waals surface area contributed by atoms with Crippen LogP contribution >= 0.6 is 0 Å². The van der Waals surface area contributed by atoms with Crippen molar-refractivity contribution in [2.75, 3.05) is 11.9 Å². The van der Waals surface area contributed by atoms with Crippen molar-refractivity contribution in [3.63, 3.8) is 0 Å². The molecular formula is C16H22N4. The number of aromatic nitrogens is 2. The standard InChI is InChI=1S/C16H22N4/c1-13(2)19-11-15-6-9-18-16(10-15)20(3)12-14-4-7-17-8-5-14/h4-10,13,19H,11-12H2,1-3H3. The Balaban J connectivity index is 2.02. The van der Waals surface area contributed by atoms with Crippen molar-refractivity contribution in [3.05, 3.63) is 54.0 Å². The van der Waals surface area contributed by atoms with Crippen LogP contribution in [0.15, 0.2) is 42.9 Å². The number of nitrogens with zero attached hydrogens (tertiary/aromatic N) is 3. The lowest BCUT2D eigenvalue weighted by molar-refractivity contribution is 0.588. The summed E-state index contributed by atoms with van der Waals surface area (Å²) in [6.45, 7) is 6.00. The Kier molecular flexibility index (Phi) is 5.07. The highest BCUT2D eigenvalue weighted by atomic mass is 15.2. The van der Waals surface area contributed by atoms with Gasteiger partial charge in [0.1, 0.15) is 5.82 Å². The van der Waals surface area contributed by atoms with Gasteiger partial charge < -0.3 is 10.2 Å². The Morgan fingerprint density at radius 2 is 1.80 bits per heavy atom. The van der Waals surface area contributed by atoms with Crippen molar-refractivity contribution in [1.82, 2.24) is 15.3 Å². The van der Waals surface area contributed by atoms with Crippen molar-refractivity contribution in [1.29, 1.82) is 0 Å². The highest BCUT2D eigenvalue weighted by Gasteiger charge is 2.05. The quantitative estimate of drug-likeness (QED) is 0.876. The molecule has 0 fully saturated rings. The minimum Gasteiger partial charge on any atom is -0.355 e. The van der Waals surface area contributed by atoms with Crippen LogP contribution < -0.4 is 10.2 Å². The van der Waals surface area contributed by atoms with Gasteiger partial charge in [-0.3, -0.25) is 4.98 Å². The third kappa shape index (κ3) is 4.31. The molecule has 0 amide bonds. The maximum absolute atomic E-state index is 4.45. The highest BCUT2D eigenvalue weighted by Crippen LogP contribution is 2.14. The zero-order valence-electron chi connectivity index (χ0n) is 12.4. The third-order valence-corrected chi connectivity index (χ3v) is 3.08. The fourth-order valence-electron chi connectivity index (χ4n) is 1.94. The summed E-state index contributed by atoms with van der Waals surface area (Å²) in [5, 5.41) is 3.42. The number of hydrogen-bond acceptors (Lipinski definition) is 4. The van der Waals surface area contributed by atoms with Crippen LogP contribution in [0.4, 0.5) is 5.82 Å². The van der Waals surface area contributed by atoms with Gasteiger partial charge in [-0.05, 0) is 35.4 Å². The minimum absolute atomic E-state index is 0.487. The van der Waals surface area contributed by atoms with Crippen molar-refractivity contribution in [2.45, 2.75) is 33.0 Å². The van der Waals surface area contributed by atoms with E-state index in [0.717, 1.165) is 18.9 Å². The second-order valence-corrected chi connectivity index (χ2v) is 5.27. The van der Waals surface area contributed by atoms with Crippen molar-refractivity contribution >= 4 is 5.82 Å². The molecule has 0 radical (unpaired) electrons. The molecular weight excluding hydrogens is 248 g/mol. The maximum Gasteiger partial charge on any atom is 0.128 e. The first-order chi connectivity index (χ1) is 9.65. The predicted octanol–water partition coefficient (Wildman–Crippen LogP) is 2.61. The Morgan fingerprint density at radius 1 is 1.10 bits per heavy atom. The lowest BCUT2D eigenvalue weighted by atomic mass is 10.2. The van der Waals surface area contributed by atoms with E-state index in [1.54, 1.807) is 0 Å². The summed E-state index contributed by atoms with van der Waals surface area (Å²) in [6, 6.07) is 8.73. The van der Waals surface area contributed by atoms with Gasteiger partial charge in [-0.15, -0.1) is 0 Å². The summed E-state index contributed by atoms with van der Waals surface area (Å²) in [4.78, 5) is 10.6. The number of hydrogen-bond donors (Lipinski definition) is 1. The number of nitrogens with one attached hydrogen (secondary N) is 1. The zero-order chi connectivity index (χ0) is 14.4. The SMILES string of the molecule is CC(C)NCc1ccnc(N(C)Cc2ccncc2)c1. The van der Waals surface area contributed by atoms with Gasteiger partial charge in [-0.25, -0.2) is 4.98 Å². The summed E-state index contributed by atoms with van der Waals surface area (Å²) in [7, 11) is 2.06. The Hall–Kier alpha value is -1.94. The van der Waals surface area contributed by atoms with Crippen molar-refractivity contribution in [2.24, 2.45) is 0 Å². The van der Waals surface area contributed by atoms with E-state index < -0.39 is 0 Å². The molecule has 4 heteroatoms. The molecule has 0 atom stereocenters. The van der Waals surface area contributed by atoms with E-state index in [4.69, 9.17) is 0 Å². The topological polar surface area (TPSA) is 41.1 Å². The second kappa shape index (κ2) is 7.01. The molecule has 2 aromatic rings. The van der Waals surface area contributed by atoms with Crippen molar-refractivity contribution < 1.29 is 0 Å². The first kappa shape index (κ1) is 14.5. The van der Waals surface area contributed by atoms with E-state index in [1.165, 1.54) is 11.1 Å². The molecule has 0 saturated carbocycles. The summed E-state index contributed by atoms with van der Waals surface area (Å²) in [5.74, 6) is 0.991. The average Bonchev–Trinajstić information content (AvgIpc) is 2.46. The highest BCUT2D eigenvalue weighted by molar-refractivity contribution is 5.40. The predicted molar refractivity (Wildman–Crippen MR) is 82.6 cm³/mol. The fraction of sp³-hybridized carbons (Fsp3) is 0.375. The number of rotatable bonds is 6. The van der Waals surface area contributed by atoms with Gasteiger partial charge >= 0.3 is 0 Å². The summed E-state index contributed by atoms with van der Waals surface area (Å²) < 4.78 is 0. The zero-order valence-corrected chi connectivity index (χ0v) is 12.4.